The Morgan fingerprint density at radius 3 is 2.88 bits per heavy atom. The average Bonchev–Trinajstić information content (AvgIpc) is 2.60. The molecule has 1 aliphatic heterocycles. The quantitative estimate of drug-likeness (QED) is 0.521. The van der Waals surface area contributed by atoms with E-state index in [1.807, 2.05) is 0 Å². The molecule has 1 aliphatic rings. The first-order valence-electron chi connectivity index (χ1n) is 6.24. The van der Waals surface area contributed by atoms with E-state index in [1.165, 1.54) is 6.92 Å². The summed E-state index contributed by atoms with van der Waals surface area (Å²) < 4.78 is 5.21. The number of hydrogen-bond donors (Lipinski definition) is 2. The van der Waals surface area contributed by atoms with Crippen LogP contribution in [0.25, 0.3) is 0 Å². The molecule has 5 heteroatoms. The highest BCUT2D eigenvalue weighted by Gasteiger charge is 2.35. The number of esters is 1. The molecule has 17 heavy (non-hydrogen) atoms. The van der Waals surface area contributed by atoms with Crippen molar-refractivity contribution in [3.63, 3.8) is 0 Å². The van der Waals surface area contributed by atoms with E-state index in [0.29, 0.717) is 6.42 Å². The molecule has 0 bridgehead atoms. The molecule has 1 saturated heterocycles. The Bertz CT molecular complexity index is 280. The molecule has 0 saturated carbocycles. The summed E-state index contributed by atoms with van der Waals surface area (Å²) in [5.74, 6) is -1.27. The van der Waals surface area contributed by atoms with Gasteiger partial charge in [-0.15, -0.1) is 0 Å². The predicted molar refractivity (Wildman–Crippen MR) is 62.7 cm³/mol. The second-order valence-electron chi connectivity index (χ2n) is 4.57. The largest absolute Gasteiger partial charge is 0.480 e. The van der Waals surface area contributed by atoms with Crippen LogP contribution in [0.15, 0.2) is 0 Å². The van der Waals surface area contributed by atoms with Crippen molar-refractivity contribution in [1.29, 1.82) is 0 Å². The molecule has 3 atom stereocenters. The summed E-state index contributed by atoms with van der Waals surface area (Å²) in [6.45, 7) is 3.65. The highest BCUT2D eigenvalue weighted by molar-refractivity contribution is 5.80. The van der Waals surface area contributed by atoms with E-state index in [4.69, 9.17) is 9.84 Å². The second kappa shape index (κ2) is 6.59. The van der Waals surface area contributed by atoms with Crippen LogP contribution in [0.3, 0.4) is 0 Å². The van der Waals surface area contributed by atoms with Gasteiger partial charge in [-0.3, -0.25) is 14.9 Å². The lowest BCUT2D eigenvalue weighted by atomic mass is 10.1. The smallest absolute Gasteiger partial charge is 0.323 e. The van der Waals surface area contributed by atoms with Crippen LogP contribution in [0.1, 0.15) is 46.0 Å². The molecule has 1 heterocycles. The first-order valence-corrected chi connectivity index (χ1v) is 6.24. The molecular weight excluding hydrogens is 222 g/mol. The summed E-state index contributed by atoms with van der Waals surface area (Å²) in [7, 11) is 0. The van der Waals surface area contributed by atoms with Crippen LogP contribution in [0.4, 0.5) is 0 Å². The van der Waals surface area contributed by atoms with Gasteiger partial charge < -0.3 is 9.84 Å². The zero-order valence-corrected chi connectivity index (χ0v) is 10.4. The van der Waals surface area contributed by atoms with Crippen LogP contribution < -0.4 is 5.32 Å². The van der Waals surface area contributed by atoms with E-state index in [9.17, 15) is 9.59 Å². The van der Waals surface area contributed by atoms with E-state index in [2.05, 4.69) is 12.2 Å². The van der Waals surface area contributed by atoms with Crippen LogP contribution in [-0.4, -0.2) is 35.2 Å². The number of hydrogen-bond acceptors (Lipinski definition) is 4. The Kier molecular flexibility index (Phi) is 5.41. The first-order chi connectivity index (χ1) is 8.04. The fourth-order valence-electron chi connectivity index (χ4n) is 1.96. The van der Waals surface area contributed by atoms with Crippen molar-refractivity contribution in [2.75, 3.05) is 0 Å². The van der Waals surface area contributed by atoms with Crippen LogP contribution in [0.5, 0.6) is 0 Å². The molecule has 5 nitrogen and oxygen atoms in total. The number of aliphatic carboxylic acids is 1. The maximum absolute atomic E-state index is 11.5. The van der Waals surface area contributed by atoms with Crippen molar-refractivity contribution in [2.24, 2.45) is 0 Å². The molecule has 2 unspecified atom stereocenters. The molecule has 0 aromatic heterocycles. The van der Waals surface area contributed by atoms with Crippen LogP contribution >= 0.6 is 0 Å². The SMILES string of the molecule is CCCCCC1CC(N[C@@H](C)C(=O)O)C(=O)O1. The van der Waals surface area contributed by atoms with Crippen LogP contribution in [0.2, 0.25) is 0 Å². The standard InChI is InChI=1S/C12H21NO4/c1-3-4-5-6-9-7-10(12(16)17-9)13-8(2)11(14)15/h8-10,13H,3-7H2,1-2H3,(H,14,15)/t8-,9?,10?/m0/s1. The molecule has 98 valence electrons. The molecule has 0 aromatic rings. The number of carbonyl (C=O) groups excluding carboxylic acids is 1. The van der Waals surface area contributed by atoms with E-state index >= 15 is 0 Å². The molecule has 2 N–H and O–H groups in total. The molecule has 0 radical (unpaired) electrons. The van der Waals surface area contributed by atoms with Gasteiger partial charge in [0.15, 0.2) is 0 Å². The van der Waals surface area contributed by atoms with Crippen LogP contribution in [-0.2, 0) is 14.3 Å². The van der Waals surface area contributed by atoms with Crippen molar-refractivity contribution in [2.45, 2.75) is 64.1 Å². The van der Waals surface area contributed by atoms with Gasteiger partial charge in [0.1, 0.15) is 18.2 Å². The minimum atomic E-state index is -0.952. The summed E-state index contributed by atoms with van der Waals surface area (Å²) in [5, 5.41) is 11.5. The van der Waals surface area contributed by atoms with E-state index in [-0.39, 0.29) is 12.1 Å². The summed E-state index contributed by atoms with van der Waals surface area (Å²) in [6.07, 6.45) is 4.73. The number of ether oxygens (including phenoxy) is 1. The molecule has 1 rings (SSSR count). The molecule has 0 amide bonds. The monoisotopic (exact) mass is 243 g/mol. The van der Waals surface area contributed by atoms with E-state index in [0.717, 1.165) is 25.7 Å². The van der Waals surface area contributed by atoms with Crippen molar-refractivity contribution < 1.29 is 19.4 Å². The van der Waals surface area contributed by atoms with Gasteiger partial charge in [0.25, 0.3) is 0 Å². The molecule has 0 aliphatic carbocycles. The minimum absolute atomic E-state index is 0.0486. The number of unbranched alkanes of at least 4 members (excludes halogenated alkanes) is 2. The van der Waals surface area contributed by atoms with E-state index < -0.39 is 18.1 Å². The zero-order valence-electron chi connectivity index (χ0n) is 10.4. The number of carboxylic acids is 1. The van der Waals surface area contributed by atoms with Crippen molar-refractivity contribution in [3.8, 4) is 0 Å². The predicted octanol–water partition coefficient (Wildman–Crippen LogP) is 1.31. The van der Waals surface area contributed by atoms with Crippen molar-refractivity contribution >= 4 is 11.9 Å². The van der Waals surface area contributed by atoms with Gasteiger partial charge in [0.2, 0.25) is 0 Å². The Hall–Kier alpha value is -1.10. The van der Waals surface area contributed by atoms with Gasteiger partial charge in [-0.25, -0.2) is 0 Å². The molecule has 1 fully saturated rings. The van der Waals surface area contributed by atoms with Gasteiger partial charge in [-0.05, 0) is 19.8 Å². The topological polar surface area (TPSA) is 75.6 Å². The molecular formula is C12H21NO4. The summed E-state index contributed by atoms with van der Waals surface area (Å²) in [5.41, 5.74) is 0. The highest BCUT2D eigenvalue weighted by Crippen LogP contribution is 2.20. The normalized spacial score (nSPS) is 25.6. The Balaban J connectivity index is 2.34. The Labute approximate surface area is 102 Å². The second-order valence-corrected chi connectivity index (χ2v) is 4.57. The lowest BCUT2D eigenvalue weighted by Crippen LogP contribution is -2.43. The highest BCUT2D eigenvalue weighted by atomic mass is 16.6. The minimum Gasteiger partial charge on any atom is -0.480 e. The molecule has 0 spiro atoms. The van der Waals surface area contributed by atoms with Gasteiger partial charge in [0.05, 0.1) is 0 Å². The van der Waals surface area contributed by atoms with Gasteiger partial charge in [-0.2, -0.15) is 0 Å². The third-order valence-corrected chi connectivity index (χ3v) is 3.02. The number of cyclic esters (lactones) is 1. The number of carbonyl (C=O) groups is 2. The number of nitrogens with one attached hydrogen (secondary N) is 1. The summed E-state index contributed by atoms with van der Waals surface area (Å²) in [4.78, 5) is 22.2. The summed E-state index contributed by atoms with van der Waals surface area (Å²) in [6, 6.07) is -1.19. The van der Waals surface area contributed by atoms with Gasteiger partial charge >= 0.3 is 11.9 Å². The number of rotatable bonds is 7. The fraction of sp³-hybridized carbons (Fsp3) is 0.833. The van der Waals surface area contributed by atoms with Gasteiger partial charge in [0, 0.05) is 6.42 Å². The Morgan fingerprint density at radius 1 is 1.59 bits per heavy atom. The number of carboxylic acid groups (broad SMARTS) is 1. The maximum Gasteiger partial charge on any atom is 0.323 e. The van der Waals surface area contributed by atoms with Crippen molar-refractivity contribution in [3.05, 3.63) is 0 Å². The van der Waals surface area contributed by atoms with Crippen LogP contribution in [0, 0.1) is 0 Å². The third kappa shape index (κ3) is 4.34. The molecule has 0 aromatic carbocycles. The van der Waals surface area contributed by atoms with Gasteiger partial charge in [-0.1, -0.05) is 19.8 Å². The lowest BCUT2D eigenvalue weighted by Gasteiger charge is -2.12. The van der Waals surface area contributed by atoms with Crippen molar-refractivity contribution in [1.82, 2.24) is 5.32 Å². The first kappa shape index (κ1) is 14.0. The Morgan fingerprint density at radius 2 is 2.29 bits per heavy atom. The lowest BCUT2D eigenvalue weighted by molar-refractivity contribution is -0.144. The zero-order chi connectivity index (χ0) is 12.8. The average molecular weight is 243 g/mol. The third-order valence-electron chi connectivity index (χ3n) is 3.02. The fourth-order valence-corrected chi connectivity index (χ4v) is 1.96. The van der Waals surface area contributed by atoms with E-state index in [1.54, 1.807) is 0 Å². The summed E-state index contributed by atoms with van der Waals surface area (Å²) >= 11 is 0. The maximum atomic E-state index is 11.5.